The van der Waals surface area contributed by atoms with E-state index in [1.807, 2.05) is 6.92 Å². The molecule has 0 spiro atoms. The minimum atomic E-state index is -2.21. The van der Waals surface area contributed by atoms with Gasteiger partial charge in [-0.15, -0.1) is 0 Å². The van der Waals surface area contributed by atoms with Gasteiger partial charge in [0.2, 0.25) is 0 Å². The molecule has 0 saturated heterocycles. The van der Waals surface area contributed by atoms with Crippen LogP contribution in [0.15, 0.2) is 0 Å². The van der Waals surface area contributed by atoms with Crippen LogP contribution in [0.25, 0.3) is 0 Å². The number of halogens is 2. The quantitative estimate of drug-likeness (QED) is 0.698. The Morgan fingerprint density at radius 1 is 1.25 bits per heavy atom. The van der Waals surface area contributed by atoms with Crippen molar-refractivity contribution in [2.24, 2.45) is 0 Å². The second-order valence-electron chi connectivity index (χ2n) is 3.55. The highest BCUT2D eigenvalue weighted by Gasteiger charge is 2.39. The summed E-state index contributed by atoms with van der Waals surface area (Å²) in [4.78, 5) is 0. The van der Waals surface area contributed by atoms with Crippen molar-refractivity contribution in [2.75, 3.05) is 6.54 Å². The molecule has 0 heterocycles. The standard InChI is InChI=1S/C9H17F2N/c1-2-12-9(8(10)11)6-4-3-5-7-9/h8,12H,2-7H2,1H3. The molecule has 0 aromatic carbocycles. The van der Waals surface area contributed by atoms with Gasteiger partial charge in [0.1, 0.15) is 0 Å². The van der Waals surface area contributed by atoms with E-state index < -0.39 is 12.0 Å². The maximum atomic E-state index is 12.7. The lowest BCUT2D eigenvalue weighted by Crippen LogP contribution is -2.52. The summed E-state index contributed by atoms with van der Waals surface area (Å²) >= 11 is 0. The van der Waals surface area contributed by atoms with Crippen molar-refractivity contribution in [1.82, 2.24) is 5.32 Å². The average molecular weight is 177 g/mol. The van der Waals surface area contributed by atoms with Crippen LogP contribution >= 0.6 is 0 Å². The molecule has 3 heteroatoms. The first-order valence-corrected chi connectivity index (χ1v) is 4.74. The maximum Gasteiger partial charge on any atom is 0.256 e. The van der Waals surface area contributed by atoms with Gasteiger partial charge in [0.25, 0.3) is 6.43 Å². The minimum absolute atomic E-state index is 0.637. The highest BCUT2D eigenvalue weighted by Crippen LogP contribution is 2.33. The third kappa shape index (κ3) is 1.94. The van der Waals surface area contributed by atoms with Crippen molar-refractivity contribution in [1.29, 1.82) is 0 Å². The molecule has 0 amide bonds. The monoisotopic (exact) mass is 177 g/mol. The predicted octanol–water partition coefficient (Wildman–Crippen LogP) is 2.56. The van der Waals surface area contributed by atoms with Crippen molar-refractivity contribution in [2.45, 2.75) is 51.0 Å². The van der Waals surface area contributed by atoms with E-state index >= 15 is 0 Å². The van der Waals surface area contributed by atoms with Gasteiger partial charge < -0.3 is 5.32 Å². The molecule has 1 rings (SSSR count). The minimum Gasteiger partial charge on any atom is -0.307 e. The molecule has 0 bridgehead atoms. The highest BCUT2D eigenvalue weighted by atomic mass is 19.3. The Morgan fingerprint density at radius 3 is 2.25 bits per heavy atom. The fourth-order valence-corrected chi connectivity index (χ4v) is 2.01. The molecular formula is C9H17F2N. The smallest absolute Gasteiger partial charge is 0.256 e. The van der Waals surface area contributed by atoms with Crippen LogP contribution in [0.3, 0.4) is 0 Å². The fourth-order valence-electron chi connectivity index (χ4n) is 2.01. The zero-order valence-corrected chi connectivity index (χ0v) is 7.58. The second-order valence-corrected chi connectivity index (χ2v) is 3.55. The van der Waals surface area contributed by atoms with Gasteiger partial charge in [-0.3, -0.25) is 0 Å². The summed E-state index contributed by atoms with van der Waals surface area (Å²) in [5.41, 5.74) is -0.854. The lowest BCUT2D eigenvalue weighted by Gasteiger charge is -2.37. The molecule has 1 fully saturated rings. The largest absolute Gasteiger partial charge is 0.307 e. The number of alkyl halides is 2. The molecule has 12 heavy (non-hydrogen) atoms. The summed E-state index contributed by atoms with van der Waals surface area (Å²) in [6.45, 7) is 2.53. The Labute approximate surface area is 72.5 Å². The summed E-state index contributed by atoms with van der Waals surface area (Å²) in [6.07, 6.45) is 2.06. The molecule has 72 valence electrons. The third-order valence-electron chi connectivity index (χ3n) is 2.69. The third-order valence-corrected chi connectivity index (χ3v) is 2.69. The molecule has 0 unspecified atom stereocenters. The Kier molecular flexibility index (Phi) is 3.44. The zero-order valence-electron chi connectivity index (χ0n) is 7.58. The molecule has 1 nitrogen and oxygen atoms in total. The molecule has 0 aliphatic heterocycles. The number of rotatable bonds is 3. The van der Waals surface area contributed by atoms with Crippen LogP contribution < -0.4 is 5.32 Å². The van der Waals surface area contributed by atoms with Crippen molar-refractivity contribution in [3.8, 4) is 0 Å². The Bertz CT molecular complexity index is 125. The SMILES string of the molecule is CCNC1(C(F)F)CCCCC1. The van der Waals surface area contributed by atoms with Crippen LogP contribution in [-0.4, -0.2) is 18.5 Å². The summed E-state index contributed by atoms with van der Waals surface area (Å²) in [5.74, 6) is 0. The Balaban J connectivity index is 2.56. The molecule has 0 radical (unpaired) electrons. The molecule has 1 aliphatic carbocycles. The van der Waals surface area contributed by atoms with Crippen LogP contribution in [0.5, 0.6) is 0 Å². The first-order valence-electron chi connectivity index (χ1n) is 4.74. The van der Waals surface area contributed by atoms with E-state index in [1.54, 1.807) is 0 Å². The number of hydrogen-bond acceptors (Lipinski definition) is 1. The molecule has 0 atom stereocenters. The van der Waals surface area contributed by atoms with E-state index in [1.165, 1.54) is 0 Å². The maximum absolute atomic E-state index is 12.7. The molecule has 0 aromatic rings. The second kappa shape index (κ2) is 4.17. The van der Waals surface area contributed by atoms with E-state index in [0.29, 0.717) is 19.4 Å². The van der Waals surface area contributed by atoms with Crippen molar-refractivity contribution >= 4 is 0 Å². The summed E-state index contributed by atoms with van der Waals surface area (Å²) < 4.78 is 25.4. The molecule has 1 aliphatic rings. The topological polar surface area (TPSA) is 12.0 Å². The first kappa shape index (κ1) is 9.90. The Morgan fingerprint density at radius 2 is 1.83 bits per heavy atom. The lowest BCUT2D eigenvalue weighted by molar-refractivity contribution is 0.00777. The Hall–Kier alpha value is -0.180. The van der Waals surface area contributed by atoms with Crippen LogP contribution in [0.1, 0.15) is 39.0 Å². The van der Waals surface area contributed by atoms with Gasteiger partial charge in [0.15, 0.2) is 0 Å². The first-order chi connectivity index (χ1) is 5.71. The number of hydrogen-bond donors (Lipinski definition) is 1. The molecular weight excluding hydrogens is 160 g/mol. The van der Waals surface area contributed by atoms with E-state index in [9.17, 15) is 8.78 Å². The predicted molar refractivity (Wildman–Crippen MR) is 45.5 cm³/mol. The van der Waals surface area contributed by atoms with Gasteiger partial charge >= 0.3 is 0 Å². The zero-order chi connectivity index (χ0) is 9.03. The van der Waals surface area contributed by atoms with Gasteiger partial charge in [-0.2, -0.15) is 0 Å². The fraction of sp³-hybridized carbons (Fsp3) is 1.00. The van der Waals surface area contributed by atoms with Gasteiger partial charge in [-0.05, 0) is 19.4 Å². The normalized spacial score (nSPS) is 23.0. The van der Waals surface area contributed by atoms with E-state index in [2.05, 4.69) is 5.32 Å². The van der Waals surface area contributed by atoms with Gasteiger partial charge in [0.05, 0.1) is 5.54 Å². The van der Waals surface area contributed by atoms with E-state index in [4.69, 9.17) is 0 Å². The highest BCUT2D eigenvalue weighted by molar-refractivity contribution is 4.92. The van der Waals surface area contributed by atoms with Gasteiger partial charge in [0, 0.05) is 0 Å². The van der Waals surface area contributed by atoms with Crippen molar-refractivity contribution in [3.63, 3.8) is 0 Å². The van der Waals surface area contributed by atoms with Crippen LogP contribution in [0.2, 0.25) is 0 Å². The van der Waals surface area contributed by atoms with E-state index in [-0.39, 0.29) is 0 Å². The van der Waals surface area contributed by atoms with Crippen molar-refractivity contribution in [3.05, 3.63) is 0 Å². The molecule has 0 aromatic heterocycles. The van der Waals surface area contributed by atoms with Crippen LogP contribution in [0, 0.1) is 0 Å². The summed E-state index contributed by atoms with van der Waals surface area (Å²) in [6, 6.07) is 0. The van der Waals surface area contributed by atoms with Crippen LogP contribution in [-0.2, 0) is 0 Å². The number of nitrogens with one attached hydrogen (secondary N) is 1. The lowest BCUT2D eigenvalue weighted by atomic mass is 9.82. The van der Waals surface area contributed by atoms with E-state index in [0.717, 1.165) is 19.3 Å². The summed E-state index contributed by atoms with van der Waals surface area (Å²) in [7, 11) is 0. The summed E-state index contributed by atoms with van der Waals surface area (Å²) in [5, 5.41) is 2.95. The van der Waals surface area contributed by atoms with Gasteiger partial charge in [-0.25, -0.2) is 8.78 Å². The molecule has 1 saturated carbocycles. The van der Waals surface area contributed by atoms with Crippen molar-refractivity contribution < 1.29 is 8.78 Å². The van der Waals surface area contributed by atoms with Gasteiger partial charge in [-0.1, -0.05) is 26.2 Å². The van der Waals surface area contributed by atoms with Crippen LogP contribution in [0.4, 0.5) is 8.78 Å². The average Bonchev–Trinajstić information content (AvgIpc) is 2.06. The molecule has 1 N–H and O–H groups in total.